The fourth-order valence-corrected chi connectivity index (χ4v) is 2.57. The molecule has 5 heteroatoms. The van der Waals surface area contributed by atoms with E-state index in [-0.39, 0.29) is 0 Å². The van der Waals surface area contributed by atoms with Gasteiger partial charge in [0.05, 0.1) is 6.54 Å². The number of hydrogen-bond donors (Lipinski definition) is 2. The Balaban J connectivity index is 1.54. The lowest BCUT2D eigenvalue weighted by Crippen LogP contribution is -2.37. The quantitative estimate of drug-likeness (QED) is 0.607. The Labute approximate surface area is 143 Å². The standard InChI is InChI=1S/C19H24N4O/c20-19(22-12-15-8-4-9-15)23-13-17-10-5-11-21-18(17)24-14-16-6-2-1-3-7-16/h1-3,5-7,10-11,15H,4,8-9,12-14H2,(H3,20,22,23). The predicted molar refractivity (Wildman–Crippen MR) is 95.7 cm³/mol. The third kappa shape index (κ3) is 4.72. The van der Waals surface area contributed by atoms with Crippen LogP contribution in [-0.4, -0.2) is 17.5 Å². The molecule has 0 atom stereocenters. The predicted octanol–water partition coefficient (Wildman–Crippen LogP) is 2.87. The van der Waals surface area contributed by atoms with E-state index in [2.05, 4.69) is 15.3 Å². The fraction of sp³-hybridized carbons (Fsp3) is 0.368. The number of pyridine rings is 1. The van der Waals surface area contributed by atoms with E-state index in [4.69, 9.17) is 10.5 Å². The minimum Gasteiger partial charge on any atom is -0.473 e. The number of aromatic nitrogens is 1. The number of rotatable bonds is 7. The summed E-state index contributed by atoms with van der Waals surface area (Å²) in [6.45, 7) is 1.87. The van der Waals surface area contributed by atoms with Gasteiger partial charge in [-0.2, -0.15) is 0 Å². The van der Waals surface area contributed by atoms with Gasteiger partial charge in [-0.3, -0.25) is 0 Å². The van der Waals surface area contributed by atoms with Crippen molar-refractivity contribution in [2.75, 3.05) is 6.54 Å². The molecule has 2 aromatic rings. The molecule has 3 N–H and O–H groups in total. The third-order valence-corrected chi connectivity index (χ3v) is 4.28. The SMILES string of the molecule is NC(=NCc1cccnc1OCc1ccccc1)NCC1CCC1. The van der Waals surface area contributed by atoms with Gasteiger partial charge in [0.15, 0.2) is 5.96 Å². The minimum absolute atomic E-state index is 0.460. The van der Waals surface area contributed by atoms with Gasteiger partial charge in [-0.1, -0.05) is 42.8 Å². The highest BCUT2D eigenvalue weighted by molar-refractivity contribution is 5.77. The molecule has 1 aliphatic carbocycles. The summed E-state index contributed by atoms with van der Waals surface area (Å²) in [5.74, 6) is 1.85. The highest BCUT2D eigenvalue weighted by Gasteiger charge is 2.16. The Morgan fingerprint density at radius 2 is 2.04 bits per heavy atom. The Morgan fingerprint density at radius 3 is 2.79 bits per heavy atom. The molecule has 1 aliphatic rings. The molecule has 0 spiro atoms. The zero-order valence-electron chi connectivity index (χ0n) is 13.8. The molecular weight excluding hydrogens is 300 g/mol. The van der Waals surface area contributed by atoms with Gasteiger partial charge in [0.25, 0.3) is 0 Å². The smallest absolute Gasteiger partial charge is 0.218 e. The summed E-state index contributed by atoms with van der Waals surface area (Å²) < 4.78 is 5.84. The largest absolute Gasteiger partial charge is 0.473 e. The third-order valence-electron chi connectivity index (χ3n) is 4.28. The zero-order valence-corrected chi connectivity index (χ0v) is 13.8. The first-order valence-electron chi connectivity index (χ1n) is 8.45. The second-order valence-corrected chi connectivity index (χ2v) is 6.12. The van der Waals surface area contributed by atoms with Crippen LogP contribution in [0.1, 0.15) is 30.4 Å². The summed E-state index contributed by atoms with van der Waals surface area (Å²) in [7, 11) is 0. The van der Waals surface area contributed by atoms with Crippen LogP contribution in [-0.2, 0) is 13.2 Å². The van der Waals surface area contributed by atoms with Crippen molar-refractivity contribution in [2.24, 2.45) is 16.6 Å². The van der Waals surface area contributed by atoms with Gasteiger partial charge < -0.3 is 15.8 Å². The molecule has 3 rings (SSSR count). The van der Waals surface area contributed by atoms with Crippen molar-refractivity contribution in [1.82, 2.24) is 10.3 Å². The molecule has 1 fully saturated rings. The van der Waals surface area contributed by atoms with Crippen molar-refractivity contribution in [3.05, 3.63) is 59.8 Å². The lowest BCUT2D eigenvalue weighted by Gasteiger charge is -2.25. The first-order valence-corrected chi connectivity index (χ1v) is 8.45. The maximum atomic E-state index is 5.94. The van der Waals surface area contributed by atoms with Gasteiger partial charge >= 0.3 is 0 Å². The number of nitrogens with zero attached hydrogens (tertiary/aromatic N) is 2. The van der Waals surface area contributed by atoms with Crippen molar-refractivity contribution < 1.29 is 4.74 Å². The molecule has 5 nitrogen and oxygen atoms in total. The maximum absolute atomic E-state index is 5.94. The normalized spacial score (nSPS) is 14.9. The van der Waals surface area contributed by atoms with Crippen molar-refractivity contribution >= 4 is 5.96 Å². The number of guanidine groups is 1. The second-order valence-electron chi connectivity index (χ2n) is 6.12. The maximum Gasteiger partial charge on any atom is 0.218 e. The molecule has 1 aromatic carbocycles. The van der Waals surface area contributed by atoms with Gasteiger partial charge in [0.1, 0.15) is 6.61 Å². The molecule has 0 unspecified atom stereocenters. The van der Waals surface area contributed by atoms with Gasteiger partial charge in [0.2, 0.25) is 5.88 Å². The van der Waals surface area contributed by atoms with Gasteiger partial charge in [0, 0.05) is 18.3 Å². The zero-order chi connectivity index (χ0) is 16.6. The average Bonchev–Trinajstić information content (AvgIpc) is 2.58. The highest BCUT2D eigenvalue weighted by atomic mass is 16.5. The molecule has 0 amide bonds. The number of ether oxygens (including phenoxy) is 1. The monoisotopic (exact) mass is 324 g/mol. The van der Waals surface area contributed by atoms with Crippen LogP contribution in [0.15, 0.2) is 53.7 Å². The molecule has 1 saturated carbocycles. The molecule has 24 heavy (non-hydrogen) atoms. The Bertz CT molecular complexity index is 668. The summed E-state index contributed by atoms with van der Waals surface area (Å²) in [5, 5.41) is 3.20. The van der Waals surface area contributed by atoms with E-state index in [1.54, 1.807) is 6.20 Å². The molecule has 1 aromatic heterocycles. The first-order chi connectivity index (χ1) is 11.8. The number of nitrogens with one attached hydrogen (secondary N) is 1. The van der Waals surface area contributed by atoms with Crippen molar-refractivity contribution in [1.29, 1.82) is 0 Å². The molecular formula is C19H24N4O. The van der Waals surface area contributed by atoms with E-state index < -0.39 is 0 Å². The lowest BCUT2D eigenvalue weighted by molar-refractivity contribution is 0.290. The second kappa shape index (κ2) is 8.34. The highest BCUT2D eigenvalue weighted by Crippen LogP contribution is 2.25. The molecule has 126 valence electrons. The Kier molecular flexibility index (Phi) is 5.66. The van der Waals surface area contributed by atoms with Crippen LogP contribution < -0.4 is 15.8 Å². The molecule has 0 aliphatic heterocycles. The van der Waals surface area contributed by atoms with Gasteiger partial charge in [-0.15, -0.1) is 0 Å². The molecule has 1 heterocycles. The molecule has 0 bridgehead atoms. The van der Waals surface area contributed by atoms with Crippen LogP contribution >= 0.6 is 0 Å². The van der Waals surface area contributed by atoms with E-state index in [1.165, 1.54) is 19.3 Å². The van der Waals surface area contributed by atoms with Crippen molar-refractivity contribution in [2.45, 2.75) is 32.4 Å². The van der Waals surface area contributed by atoms with Gasteiger partial charge in [-0.25, -0.2) is 9.98 Å². The summed E-state index contributed by atoms with van der Waals surface area (Å²) >= 11 is 0. The molecule has 0 radical (unpaired) electrons. The Hall–Kier alpha value is -2.56. The van der Waals surface area contributed by atoms with E-state index >= 15 is 0 Å². The number of benzene rings is 1. The van der Waals surface area contributed by atoms with E-state index in [9.17, 15) is 0 Å². The number of nitrogens with two attached hydrogens (primary N) is 1. The topological polar surface area (TPSA) is 72.5 Å². The Morgan fingerprint density at radius 1 is 1.21 bits per heavy atom. The summed E-state index contributed by atoms with van der Waals surface area (Å²) in [6.07, 6.45) is 5.65. The summed E-state index contributed by atoms with van der Waals surface area (Å²) in [4.78, 5) is 8.72. The van der Waals surface area contributed by atoms with Crippen LogP contribution in [0.25, 0.3) is 0 Å². The summed E-state index contributed by atoms with van der Waals surface area (Å²) in [5.41, 5.74) is 7.98. The van der Waals surface area contributed by atoms with Crippen LogP contribution in [0.5, 0.6) is 5.88 Å². The van der Waals surface area contributed by atoms with Gasteiger partial charge in [-0.05, 0) is 30.4 Å². The van der Waals surface area contributed by atoms with Crippen LogP contribution in [0.3, 0.4) is 0 Å². The number of aliphatic imine (C=N–C) groups is 1. The molecule has 0 saturated heterocycles. The van der Waals surface area contributed by atoms with E-state index in [0.29, 0.717) is 25.0 Å². The van der Waals surface area contributed by atoms with E-state index in [0.717, 1.165) is 23.6 Å². The average molecular weight is 324 g/mol. The van der Waals surface area contributed by atoms with Crippen molar-refractivity contribution in [3.63, 3.8) is 0 Å². The van der Waals surface area contributed by atoms with Crippen molar-refractivity contribution in [3.8, 4) is 5.88 Å². The summed E-state index contributed by atoms with van der Waals surface area (Å²) in [6, 6.07) is 13.9. The lowest BCUT2D eigenvalue weighted by atomic mass is 9.85. The van der Waals surface area contributed by atoms with Crippen LogP contribution in [0, 0.1) is 5.92 Å². The van der Waals surface area contributed by atoms with Crippen LogP contribution in [0.2, 0.25) is 0 Å². The minimum atomic E-state index is 0.460. The van der Waals surface area contributed by atoms with E-state index in [1.807, 2.05) is 42.5 Å². The number of hydrogen-bond acceptors (Lipinski definition) is 3. The van der Waals surface area contributed by atoms with Crippen LogP contribution in [0.4, 0.5) is 0 Å². The fourth-order valence-electron chi connectivity index (χ4n) is 2.57. The first kappa shape index (κ1) is 16.3.